The van der Waals surface area contributed by atoms with E-state index in [0.29, 0.717) is 11.1 Å². The first-order chi connectivity index (χ1) is 11.1. The summed E-state index contributed by atoms with van der Waals surface area (Å²) in [5.41, 5.74) is 0.0367. The normalized spacial score (nSPS) is 10.5. The van der Waals surface area contributed by atoms with Gasteiger partial charge in [0, 0.05) is 5.69 Å². The number of carbonyl (C=O) groups is 1. The van der Waals surface area contributed by atoms with Gasteiger partial charge < -0.3 is 10.2 Å². The minimum atomic E-state index is -0.527. The maximum Gasteiger partial charge on any atom is 0.291 e. The van der Waals surface area contributed by atoms with Gasteiger partial charge in [0.15, 0.2) is 0 Å². The molecule has 0 spiro atoms. The van der Waals surface area contributed by atoms with Crippen LogP contribution in [0.2, 0.25) is 0 Å². The Morgan fingerprint density at radius 3 is 2.57 bits per heavy atom. The Labute approximate surface area is 130 Å². The lowest BCUT2D eigenvalue weighted by Crippen LogP contribution is -2.32. The van der Waals surface area contributed by atoms with Crippen molar-refractivity contribution in [1.82, 2.24) is 4.73 Å². The molecule has 0 saturated heterocycles. The third-order valence-corrected chi connectivity index (χ3v) is 3.39. The number of benzene rings is 2. The van der Waals surface area contributed by atoms with Crippen LogP contribution < -0.4 is 15.7 Å². The molecule has 23 heavy (non-hydrogen) atoms. The zero-order chi connectivity index (χ0) is 16.4. The zero-order valence-electron chi connectivity index (χ0n) is 12.2. The molecule has 1 aromatic heterocycles. The van der Waals surface area contributed by atoms with E-state index in [1.54, 1.807) is 24.3 Å². The molecule has 0 bridgehead atoms. The van der Waals surface area contributed by atoms with Crippen molar-refractivity contribution in [3.8, 4) is 0 Å². The molecule has 0 aliphatic heterocycles. The van der Waals surface area contributed by atoms with Gasteiger partial charge in [0.25, 0.3) is 11.5 Å². The summed E-state index contributed by atoms with van der Waals surface area (Å²) in [6, 6.07) is 14.0. The molecular weight excluding hydrogens is 299 g/mol. The average molecular weight is 312 g/mol. The second-order valence-corrected chi connectivity index (χ2v) is 4.86. The molecule has 3 aromatic rings. The van der Waals surface area contributed by atoms with Gasteiger partial charge in [-0.2, -0.15) is 0 Å². The summed E-state index contributed by atoms with van der Waals surface area (Å²) in [7, 11) is 1.29. The summed E-state index contributed by atoms with van der Waals surface area (Å²) in [4.78, 5) is 29.8. The number of pyridine rings is 1. The summed E-state index contributed by atoms with van der Waals surface area (Å²) in [6.45, 7) is 0. The van der Waals surface area contributed by atoms with Crippen molar-refractivity contribution in [3.05, 3.63) is 76.5 Å². The maximum atomic E-state index is 13.4. The van der Waals surface area contributed by atoms with E-state index in [0.717, 1.165) is 4.73 Å². The van der Waals surface area contributed by atoms with E-state index in [-0.39, 0.29) is 11.1 Å². The fraction of sp³-hybridized carbons (Fsp3) is 0.0588. The fourth-order valence-electron chi connectivity index (χ4n) is 2.33. The summed E-state index contributed by atoms with van der Waals surface area (Å²) in [6.07, 6.45) is 0. The van der Waals surface area contributed by atoms with Gasteiger partial charge in [0.2, 0.25) is 0 Å². The van der Waals surface area contributed by atoms with Crippen molar-refractivity contribution in [3.63, 3.8) is 0 Å². The lowest BCUT2D eigenvalue weighted by molar-refractivity contribution is 0.0952. The standard InChI is InChI=1S/C17H13FN2O3/c1-23-20-15(16(21)19-13-5-3-2-4-6-13)10-11-9-12(18)7-8-14(11)17(20)22/h2-10H,1H3,(H,19,21). The first kappa shape index (κ1) is 14.8. The number of amides is 1. The number of nitrogens with one attached hydrogen (secondary N) is 1. The number of fused-ring (bicyclic) bond motifs is 1. The quantitative estimate of drug-likeness (QED) is 0.808. The van der Waals surface area contributed by atoms with Crippen LogP contribution in [0.25, 0.3) is 10.8 Å². The number of hydrogen-bond donors (Lipinski definition) is 1. The SMILES string of the molecule is COn1c(C(=O)Nc2ccccc2)cc2cc(F)ccc2c1=O. The largest absolute Gasteiger partial charge is 0.413 e. The molecule has 1 N–H and O–H groups in total. The molecular formula is C17H13FN2O3. The van der Waals surface area contributed by atoms with Crippen LogP contribution in [0.5, 0.6) is 0 Å². The highest BCUT2D eigenvalue weighted by Crippen LogP contribution is 2.15. The first-order valence-electron chi connectivity index (χ1n) is 6.86. The Morgan fingerprint density at radius 1 is 1.13 bits per heavy atom. The lowest BCUT2D eigenvalue weighted by Gasteiger charge is -2.12. The lowest BCUT2D eigenvalue weighted by atomic mass is 10.1. The maximum absolute atomic E-state index is 13.4. The Hall–Kier alpha value is -3.15. The molecule has 1 amide bonds. The van der Waals surface area contributed by atoms with Gasteiger partial charge in [0.05, 0.1) is 5.39 Å². The molecule has 0 atom stereocenters. The van der Waals surface area contributed by atoms with E-state index in [4.69, 9.17) is 4.84 Å². The summed E-state index contributed by atoms with van der Waals surface area (Å²) >= 11 is 0. The van der Waals surface area contributed by atoms with Crippen molar-refractivity contribution in [2.45, 2.75) is 0 Å². The predicted octanol–water partition coefficient (Wildman–Crippen LogP) is 2.45. The molecule has 0 unspecified atom stereocenters. The molecule has 0 aliphatic carbocycles. The van der Waals surface area contributed by atoms with Crippen LogP contribution in [0.4, 0.5) is 10.1 Å². The van der Waals surface area contributed by atoms with E-state index < -0.39 is 17.3 Å². The molecule has 3 rings (SSSR count). The van der Waals surface area contributed by atoms with Crippen LogP contribution in [-0.4, -0.2) is 17.7 Å². The second kappa shape index (κ2) is 5.92. The number of halogens is 1. The average Bonchev–Trinajstić information content (AvgIpc) is 2.55. The number of nitrogens with zero attached hydrogens (tertiary/aromatic N) is 1. The van der Waals surface area contributed by atoms with E-state index >= 15 is 0 Å². The Balaban J connectivity index is 2.12. The molecule has 0 fully saturated rings. The fourth-order valence-corrected chi connectivity index (χ4v) is 2.33. The minimum Gasteiger partial charge on any atom is -0.413 e. The Bertz CT molecular complexity index is 936. The third kappa shape index (κ3) is 2.78. The van der Waals surface area contributed by atoms with Crippen molar-refractivity contribution < 1.29 is 14.0 Å². The molecule has 0 saturated carbocycles. The van der Waals surface area contributed by atoms with E-state index in [9.17, 15) is 14.0 Å². The van der Waals surface area contributed by atoms with Crippen LogP contribution in [0, 0.1) is 5.82 Å². The van der Waals surface area contributed by atoms with Gasteiger partial charge in [-0.3, -0.25) is 9.59 Å². The number of carbonyl (C=O) groups excluding carboxylic acids is 1. The molecule has 116 valence electrons. The van der Waals surface area contributed by atoms with Crippen LogP contribution in [0.1, 0.15) is 10.5 Å². The van der Waals surface area contributed by atoms with Crippen LogP contribution in [0.15, 0.2) is 59.4 Å². The van der Waals surface area contributed by atoms with Gasteiger partial charge in [-0.05, 0) is 41.8 Å². The summed E-state index contributed by atoms with van der Waals surface area (Å²) < 4.78 is 14.3. The second-order valence-electron chi connectivity index (χ2n) is 4.86. The minimum absolute atomic E-state index is 0.0144. The topological polar surface area (TPSA) is 60.3 Å². The number of aromatic nitrogens is 1. The van der Waals surface area contributed by atoms with Crippen LogP contribution >= 0.6 is 0 Å². The van der Waals surface area contributed by atoms with Crippen molar-refractivity contribution in [2.24, 2.45) is 0 Å². The van der Waals surface area contributed by atoms with Gasteiger partial charge >= 0.3 is 0 Å². The number of hydrogen-bond acceptors (Lipinski definition) is 3. The Kier molecular flexibility index (Phi) is 3.80. The van der Waals surface area contributed by atoms with Crippen molar-refractivity contribution in [1.29, 1.82) is 0 Å². The monoisotopic (exact) mass is 312 g/mol. The van der Waals surface area contributed by atoms with E-state index in [1.165, 1.54) is 31.4 Å². The van der Waals surface area contributed by atoms with Crippen molar-refractivity contribution >= 4 is 22.4 Å². The highest BCUT2D eigenvalue weighted by Gasteiger charge is 2.17. The smallest absolute Gasteiger partial charge is 0.291 e. The van der Waals surface area contributed by atoms with Crippen LogP contribution in [0.3, 0.4) is 0 Å². The van der Waals surface area contributed by atoms with Gasteiger partial charge in [-0.25, -0.2) is 4.39 Å². The van der Waals surface area contributed by atoms with Gasteiger partial charge in [-0.1, -0.05) is 18.2 Å². The van der Waals surface area contributed by atoms with E-state index in [1.807, 2.05) is 6.07 Å². The highest BCUT2D eigenvalue weighted by atomic mass is 19.1. The molecule has 1 heterocycles. The number of rotatable bonds is 3. The van der Waals surface area contributed by atoms with Crippen molar-refractivity contribution in [2.75, 3.05) is 12.4 Å². The molecule has 5 nitrogen and oxygen atoms in total. The van der Waals surface area contributed by atoms with Gasteiger partial charge in [-0.15, -0.1) is 4.73 Å². The first-order valence-corrected chi connectivity index (χ1v) is 6.86. The molecule has 6 heteroatoms. The summed E-state index contributed by atoms with van der Waals surface area (Å²) in [5.74, 6) is -1.01. The molecule has 2 aromatic carbocycles. The Morgan fingerprint density at radius 2 is 1.87 bits per heavy atom. The highest BCUT2D eigenvalue weighted by molar-refractivity contribution is 6.04. The zero-order valence-corrected chi connectivity index (χ0v) is 12.2. The summed E-state index contributed by atoms with van der Waals surface area (Å²) in [5, 5.41) is 3.27. The van der Waals surface area contributed by atoms with Gasteiger partial charge in [0.1, 0.15) is 18.6 Å². The molecule has 0 radical (unpaired) electrons. The number of anilines is 1. The predicted molar refractivity (Wildman–Crippen MR) is 85.1 cm³/mol. The van der Waals surface area contributed by atoms with E-state index in [2.05, 4.69) is 5.32 Å². The third-order valence-electron chi connectivity index (χ3n) is 3.39. The van der Waals surface area contributed by atoms with Crippen LogP contribution in [-0.2, 0) is 0 Å². The number of para-hydroxylation sites is 1. The molecule has 0 aliphatic rings.